The molecule has 0 aliphatic heterocycles. The van der Waals surface area contributed by atoms with E-state index in [0.717, 1.165) is 24.0 Å². The zero-order chi connectivity index (χ0) is 15.1. The van der Waals surface area contributed by atoms with E-state index in [1.165, 1.54) is 31.2 Å². The molecule has 1 aromatic carbocycles. The Morgan fingerprint density at radius 2 is 1.86 bits per heavy atom. The van der Waals surface area contributed by atoms with Gasteiger partial charge >= 0.3 is 0 Å². The van der Waals surface area contributed by atoms with Crippen molar-refractivity contribution in [3.05, 3.63) is 29.8 Å². The zero-order valence-corrected chi connectivity index (χ0v) is 14.4. The second-order valence-corrected chi connectivity index (χ2v) is 7.15. The van der Waals surface area contributed by atoms with Crippen LogP contribution in [0.25, 0.3) is 0 Å². The lowest BCUT2D eigenvalue weighted by atomic mass is 9.93. The van der Waals surface area contributed by atoms with E-state index in [2.05, 4.69) is 49.7 Å². The van der Waals surface area contributed by atoms with E-state index >= 15 is 0 Å². The van der Waals surface area contributed by atoms with E-state index < -0.39 is 0 Å². The Morgan fingerprint density at radius 1 is 1.19 bits per heavy atom. The average Bonchev–Trinajstić information content (AvgIpc) is 2.54. The monoisotopic (exact) mass is 307 g/mol. The summed E-state index contributed by atoms with van der Waals surface area (Å²) in [5.41, 5.74) is 1.35. The van der Waals surface area contributed by atoms with Crippen LogP contribution in [0.3, 0.4) is 0 Å². The molecule has 3 heteroatoms. The van der Waals surface area contributed by atoms with Gasteiger partial charge in [0.25, 0.3) is 0 Å². The third-order valence-corrected chi connectivity index (χ3v) is 5.48. The lowest BCUT2D eigenvalue weighted by Gasteiger charge is -2.30. The van der Waals surface area contributed by atoms with E-state index in [9.17, 15) is 0 Å². The number of thioether (sulfide) groups is 1. The van der Waals surface area contributed by atoms with E-state index in [1.807, 2.05) is 11.8 Å². The lowest BCUT2D eigenvalue weighted by Crippen LogP contribution is -2.35. The molecule has 0 heterocycles. The molecular weight excluding hydrogens is 278 g/mol. The van der Waals surface area contributed by atoms with E-state index in [0.29, 0.717) is 12.1 Å². The molecule has 21 heavy (non-hydrogen) atoms. The normalized spacial score (nSPS) is 23.8. The van der Waals surface area contributed by atoms with Crippen LogP contribution < -0.4 is 10.1 Å². The zero-order valence-electron chi connectivity index (χ0n) is 13.6. The topological polar surface area (TPSA) is 21.3 Å². The Bertz CT molecular complexity index is 398. The molecule has 2 rings (SSSR count). The van der Waals surface area contributed by atoms with Crippen LogP contribution in [0.15, 0.2) is 24.3 Å². The van der Waals surface area contributed by atoms with Crippen LogP contribution in [0.5, 0.6) is 5.75 Å². The molecule has 0 radical (unpaired) electrons. The molecule has 0 amide bonds. The van der Waals surface area contributed by atoms with Gasteiger partial charge in [0.15, 0.2) is 0 Å². The molecule has 1 unspecified atom stereocenters. The summed E-state index contributed by atoms with van der Waals surface area (Å²) in [6.07, 6.45) is 8.63. The van der Waals surface area contributed by atoms with Crippen molar-refractivity contribution in [3.8, 4) is 5.75 Å². The Balaban J connectivity index is 1.81. The van der Waals surface area contributed by atoms with Crippen LogP contribution in [0.4, 0.5) is 0 Å². The molecular formula is C18H29NOS. The van der Waals surface area contributed by atoms with Gasteiger partial charge in [0.05, 0.1) is 6.61 Å². The molecule has 1 saturated carbocycles. The summed E-state index contributed by atoms with van der Waals surface area (Å²) in [5, 5.41) is 4.68. The molecule has 118 valence electrons. The van der Waals surface area contributed by atoms with Crippen molar-refractivity contribution >= 4 is 11.8 Å². The predicted octanol–water partition coefficient (Wildman–Crippen LogP) is 4.80. The first-order valence-corrected chi connectivity index (χ1v) is 9.53. The van der Waals surface area contributed by atoms with Crippen molar-refractivity contribution in [1.82, 2.24) is 5.32 Å². The van der Waals surface area contributed by atoms with Gasteiger partial charge in [0, 0.05) is 17.3 Å². The van der Waals surface area contributed by atoms with Gasteiger partial charge in [-0.15, -0.1) is 0 Å². The second-order valence-electron chi connectivity index (χ2n) is 6.02. The van der Waals surface area contributed by atoms with Crippen LogP contribution in [0.2, 0.25) is 0 Å². The van der Waals surface area contributed by atoms with Crippen molar-refractivity contribution in [2.45, 2.75) is 63.3 Å². The molecule has 1 N–H and O–H groups in total. The van der Waals surface area contributed by atoms with Gasteiger partial charge in [0.1, 0.15) is 5.75 Å². The maximum absolute atomic E-state index is 5.64. The maximum atomic E-state index is 5.64. The highest BCUT2D eigenvalue weighted by molar-refractivity contribution is 7.99. The summed E-state index contributed by atoms with van der Waals surface area (Å²) < 4.78 is 5.64. The highest BCUT2D eigenvalue weighted by Gasteiger charge is 2.21. The number of nitrogens with one attached hydrogen (secondary N) is 1. The molecule has 1 aromatic rings. The second kappa shape index (κ2) is 8.70. The average molecular weight is 308 g/mol. The predicted molar refractivity (Wildman–Crippen MR) is 93.3 cm³/mol. The molecule has 2 nitrogen and oxygen atoms in total. The van der Waals surface area contributed by atoms with E-state index in [4.69, 9.17) is 4.74 Å². The van der Waals surface area contributed by atoms with Crippen molar-refractivity contribution < 1.29 is 4.74 Å². The fraction of sp³-hybridized carbons (Fsp3) is 0.667. The number of ether oxygens (including phenoxy) is 1. The summed E-state index contributed by atoms with van der Waals surface area (Å²) >= 11 is 2.03. The Labute approximate surface area is 134 Å². The minimum atomic E-state index is 0.418. The quantitative estimate of drug-likeness (QED) is 0.782. The van der Waals surface area contributed by atoms with E-state index in [1.54, 1.807) is 0 Å². The molecule has 0 bridgehead atoms. The van der Waals surface area contributed by atoms with Crippen molar-refractivity contribution in [1.29, 1.82) is 0 Å². The standard InChI is InChI=1S/C18H29NOS/c1-4-13-20-17-9-5-15(6-10-17)14(2)19-16-7-11-18(21-3)12-8-16/h5-6,9-10,14,16,18-19H,4,7-8,11-13H2,1-3H3. The summed E-state index contributed by atoms with van der Waals surface area (Å²) in [6, 6.07) is 9.66. The maximum Gasteiger partial charge on any atom is 0.119 e. The van der Waals surface area contributed by atoms with Crippen LogP contribution >= 0.6 is 11.8 Å². The van der Waals surface area contributed by atoms with Gasteiger partial charge < -0.3 is 10.1 Å². The first-order valence-electron chi connectivity index (χ1n) is 8.24. The summed E-state index contributed by atoms with van der Waals surface area (Å²) in [4.78, 5) is 0. The third-order valence-electron chi connectivity index (χ3n) is 4.35. The summed E-state index contributed by atoms with van der Waals surface area (Å²) in [7, 11) is 0. The fourth-order valence-corrected chi connectivity index (χ4v) is 3.73. The SMILES string of the molecule is CCCOc1ccc(C(C)NC2CCC(SC)CC2)cc1. The van der Waals surface area contributed by atoms with Gasteiger partial charge in [-0.3, -0.25) is 0 Å². The number of hydrogen-bond acceptors (Lipinski definition) is 3. The molecule has 1 aliphatic carbocycles. The Hall–Kier alpha value is -0.670. The van der Waals surface area contributed by atoms with Gasteiger partial charge in [-0.2, -0.15) is 11.8 Å². The summed E-state index contributed by atoms with van der Waals surface area (Å²) in [6.45, 7) is 5.19. The first kappa shape index (κ1) is 16.7. The van der Waals surface area contributed by atoms with Crippen LogP contribution in [0.1, 0.15) is 57.6 Å². The Morgan fingerprint density at radius 3 is 2.43 bits per heavy atom. The molecule has 0 spiro atoms. The van der Waals surface area contributed by atoms with Crippen LogP contribution in [-0.4, -0.2) is 24.2 Å². The van der Waals surface area contributed by atoms with Crippen molar-refractivity contribution in [2.75, 3.05) is 12.9 Å². The lowest BCUT2D eigenvalue weighted by molar-refractivity contribution is 0.317. The minimum absolute atomic E-state index is 0.418. The molecule has 1 atom stereocenters. The van der Waals surface area contributed by atoms with Crippen molar-refractivity contribution in [3.63, 3.8) is 0 Å². The molecule has 0 saturated heterocycles. The van der Waals surface area contributed by atoms with Crippen LogP contribution in [-0.2, 0) is 0 Å². The highest BCUT2D eigenvalue weighted by Crippen LogP contribution is 2.28. The minimum Gasteiger partial charge on any atom is -0.494 e. The molecule has 0 aromatic heterocycles. The van der Waals surface area contributed by atoms with Gasteiger partial charge in [-0.05, 0) is 63.0 Å². The Kier molecular flexibility index (Phi) is 6.91. The van der Waals surface area contributed by atoms with Crippen LogP contribution in [0, 0.1) is 0 Å². The fourth-order valence-electron chi connectivity index (χ4n) is 2.99. The van der Waals surface area contributed by atoms with Gasteiger partial charge in [-0.25, -0.2) is 0 Å². The first-order chi connectivity index (χ1) is 10.2. The number of benzene rings is 1. The molecule has 1 fully saturated rings. The van der Waals surface area contributed by atoms with Crippen molar-refractivity contribution in [2.24, 2.45) is 0 Å². The highest BCUT2D eigenvalue weighted by atomic mass is 32.2. The van der Waals surface area contributed by atoms with E-state index in [-0.39, 0.29) is 0 Å². The summed E-state index contributed by atoms with van der Waals surface area (Å²) in [5.74, 6) is 0.980. The van der Waals surface area contributed by atoms with Gasteiger partial charge in [-0.1, -0.05) is 19.1 Å². The smallest absolute Gasteiger partial charge is 0.119 e. The number of hydrogen-bond donors (Lipinski definition) is 1. The third kappa shape index (κ3) is 5.23. The largest absolute Gasteiger partial charge is 0.494 e. The van der Waals surface area contributed by atoms with Gasteiger partial charge in [0.2, 0.25) is 0 Å². The molecule has 1 aliphatic rings. The number of rotatable bonds is 7.